The highest BCUT2D eigenvalue weighted by molar-refractivity contribution is 5.41. The van der Waals surface area contributed by atoms with E-state index < -0.39 is 0 Å². The maximum Gasteiger partial charge on any atom is 0.123 e. The van der Waals surface area contributed by atoms with E-state index in [1.54, 1.807) is 14.2 Å². The third-order valence-electron chi connectivity index (χ3n) is 3.87. The topological polar surface area (TPSA) is 27.7 Å². The Morgan fingerprint density at radius 2 is 1.89 bits per heavy atom. The van der Waals surface area contributed by atoms with Gasteiger partial charge in [0.05, 0.1) is 12.7 Å². The first kappa shape index (κ1) is 14.2. The second-order valence-corrected chi connectivity index (χ2v) is 6.17. The zero-order valence-corrected chi connectivity index (χ0v) is 12.6. The van der Waals surface area contributed by atoms with Crippen molar-refractivity contribution in [1.82, 2.24) is 0 Å². The number of hydrogen-bond donors (Lipinski definition) is 0. The van der Waals surface area contributed by atoms with Crippen LogP contribution in [0, 0.1) is 0 Å². The van der Waals surface area contributed by atoms with E-state index in [0.29, 0.717) is 0 Å². The van der Waals surface area contributed by atoms with E-state index in [-0.39, 0.29) is 11.2 Å². The van der Waals surface area contributed by atoms with Crippen LogP contribution in [0.1, 0.15) is 39.2 Å². The SMILES string of the molecule is COc1ccc2c(c1)CCC(C)(OC)CC(C)(C)O2. The Labute approximate surface area is 115 Å². The lowest BCUT2D eigenvalue weighted by molar-refractivity contribution is -0.0617. The van der Waals surface area contributed by atoms with Crippen molar-refractivity contribution < 1.29 is 14.2 Å². The van der Waals surface area contributed by atoms with Gasteiger partial charge in [-0.15, -0.1) is 0 Å². The quantitative estimate of drug-likeness (QED) is 0.817. The summed E-state index contributed by atoms with van der Waals surface area (Å²) in [4.78, 5) is 0. The van der Waals surface area contributed by atoms with Crippen LogP contribution in [-0.2, 0) is 11.2 Å². The second kappa shape index (κ2) is 5.04. The van der Waals surface area contributed by atoms with Crippen molar-refractivity contribution in [3.8, 4) is 11.5 Å². The molecular formula is C16H24O3. The molecule has 0 fully saturated rings. The van der Waals surface area contributed by atoms with Gasteiger partial charge in [-0.05, 0) is 57.4 Å². The van der Waals surface area contributed by atoms with Crippen LogP contribution >= 0.6 is 0 Å². The molecule has 0 aromatic heterocycles. The molecule has 3 heteroatoms. The molecule has 0 spiro atoms. The molecular weight excluding hydrogens is 240 g/mol. The van der Waals surface area contributed by atoms with Gasteiger partial charge in [0, 0.05) is 13.5 Å². The molecule has 106 valence electrons. The summed E-state index contributed by atoms with van der Waals surface area (Å²) in [6.07, 6.45) is 2.80. The summed E-state index contributed by atoms with van der Waals surface area (Å²) in [5, 5.41) is 0. The number of ether oxygens (including phenoxy) is 3. The van der Waals surface area contributed by atoms with E-state index in [0.717, 1.165) is 30.8 Å². The number of hydrogen-bond acceptors (Lipinski definition) is 3. The van der Waals surface area contributed by atoms with Crippen LogP contribution in [-0.4, -0.2) is 25.4 Å². The van der Waals surface area contributed by atoms with E-state index in [1.807, 2.05) is 12.1 Å². The number of aryl methyl sites for hydroxylation is 1. The smallest absolute Gasteiger partial charge is 0.123 e. The number of rotatable bonds is 2. The summed E-state index contributed by atoms with van der Waals surface area (Å²) < 4.78 is 17.2. The van der Waals surface area contributed by atoms with E-state index in [9.17, 15) is 0 Å². The molecule has 1 aromatic rings. The molecule has 1 atom stereocenters. The number of methoxy groups -OCH3 is 2. The van der Waals surface area contributed by atoms with Crippen molar-refractivity contribution in [2.75, 3.05) is 14.2 Å². The fraction of sp³-hybridized carbons (Fsp3) is 0.625. The van der Waals surface area contributed by atoms with Gasteiger partial charge in [-0.3, -0.25) is 0 Å². The molecule has 1 aromatic carbocycles. The summed E-state index contributed by atoms with van der Waals surface area (Å²) in [5.74, 6) is 1.84. The normalized spacial score (nSPS) is 25.7. The van der Waals surface area contributed by atoms with E-state index in [1.165, 1.54) is 5.56 Å². The van der Waals surface area contributed by atoms with Crippen LogP contribution < -0.4 is 9.47 Å². The van der Waals surface area contributed by atoms with Crippen molar-refractivity contribution in [3.05, 3.63) is 23.8 Å². The predicted octanol–water partition coefficient (Wildman–Crippen LogP) is 3.59. The molecule has 3 nitrogen and oxygen atoms in total. The van der Waals surface area contributed by atoms with Crippen molar-refractivity contribution in [3.63, 3.8) is 0 Å². The fourth-order valence-electron chi connectivity index (χ4n) is 2.87. The first-order valence-electron chi connectivity index (χ1n) is 6.79. The van der Waals surface area contributed by atoms with Crippen molar-refractivity contribution in [2.24, 2.45) is 0 Å². The lowest BCUT2D eigenvalue weighted by Crippen LogP contribution is -2.42. The first-order chi connectivity index (χ1) is 8.87. The molecule has 1 unspecified atom stereocenters. The molecule has 2 rings (SSSR count). The average molecular weight is 264 g/mol. The summed E-state index contributed by atoms with van der Waals surface area (Å²) in [5.41, 5.74) is 0.800. The minimum absolute atomic E-state index is 0.149. The maximum atomic E-state index is 6.19. The van der Waals surface area contributed by atoms with E-state index in [4.69, 9.17) is 14.2 Å². The minimum atomic E-state index is -0.242. The third-order valence-corrected chi connectivity index (χ3v) is 3.87. The highest BCUT2D eigenvalue weighted by Crippen LogP contribution is 2.37. The molecule has 0 bridgehead atoms. The van der Waals surface area contributed by atoms with Gasteiger partial charge in [0.1, 0.15) is 17.1 Å². The van der Waals surface area contributed by atoms with Crippen LogP contribution in [0.15, 0.2) is 18.2 Å². The third kappa shape index (κ3) is 3.21. The van der Waals surface area contributed by atoms with E-state index >= 15 is 0 Å². The van der Waals surface area contributed by atoms with Gasteiger partial charge >= 0.3 is 0 Å². The molecule has 0 amide bonds. The minimum Gasteiger partial charge on any atom is -0.497 e. The lowest BCUT2D eigenvalue weighted by atomic mass is 9.84. The predicted molar refractivity (Wildman–Crippen MR) is 76.1 cm³/mol. The van der Waals surface area contributed by atoms with Crippen LogP contribution in [0.25, 0.3) is 0 Å². The standard InChI is InChI=1S/C16H24O3/c1-15(2)11-16(3,18-5)9-8-12-10-13(17-4)6-7-14(12)19-15/h6-7,10H,8-9,11H2,1-5H3. The summed E-state index contributed by atoms with van der Waals surface area (Å²) in [6.45, 7) is 6.39. The van der Waals surface area contributed by atoms with Crippen molar-refractivity contribution in [2.45, 2.75) is 51.2 Å². The molecule has 0 N–H and O–H groups in total. The largest absolute Gasteiger partial charge is 0.497 e. The van der Waals surface area contributed by atoms with Crippen LogP contribution in [0.2, 0.25) is 0 Å². The molecule has 0 saturated carbocycles. The summed E-state index contributed by atoms with van der Waals surface area (Å²) in [7, 11) is 3.47. The highest BCUT2D eigenvalue weighted by Gasteiger charge is 2.36. The number of fused-ring (bicyclic) bond motifs is 1. The number of benzene rings is 1. The van der Waals surface area contributed by atoms with Crippen molar-refractivity contribution >= 4 is 0 Å². The van der Waals surface area contributed by atoms with Gasteiger partial charge in [-0.2, -0.15) is 0 Å². The van der Waals surface area contributed by atoms with Gasteiger partial charge in [-0.25, -0.2) is 0 Å². The molecule has 0 aliphatic carbocycles. The van der Waals surface area contributed by atoms with Gasteiger partial charge < -0.3 is 14.2 Å². The Kier molecular flexibility index (Phi) is 3.77. The van der Waals surface area contributed by atoms with Gasteiger partial charge in [0.2, 0.25) is 0 Å². The molecule has 0 radical (unpaired) electrons. The Bertz CT molecular complexity index is 453. The first-order valence-corrected chi connectivity index (χ1v) is 6.79. The van der Waals surface area contributed by atoms with Crippen LogP contribution in [0.3, 0.4) is 0 Å². The monoisotopic (exact) mass is 264 g/mol. The Balaban J connectivity index is 2.37. The zero-order chi connectivity index (χ0) is 14.1. The van der Waals surface area contributed by atoms with Crippen LogP contribution in [0.4, 0.5) is 0 Å². The fourth-order valence-corrected chi connectivity index (χ4v) is 2.87. The van der Waals surface area contributed by atoms with Crippen LogP contribution in [0.5, 0.6) is 11.5 Å². The van der Waals surface area contributed by atoms with Gasteiger partial charge in [0.15, 0.2) is 0 Å². The Morgan fingerprint density at radius 3 is 2.53 bits per heavy atom. The Hall–Kier alpha value is -1.22. The van der Waals surface area contributed by atoms with Gasteiger partial charge in [-0.1, -0.05) is 0 Å². The van der Waals surface area contributed by atoms with Crippen molar-refractivity contribution in [1.29, 1.82) is 0 Å². The zero-order valence-electron chi connectivity index (χ0n) is 12.6. The highest BCUT2D eigenvalue weighted by atomic mass is 16.5. The molecule has 1 aliphatic rings. The molecule has 19 heavy (non-hydrogen) atoms. The average Bonchev–Trinajstić information content (AvgIpc) is 2.35. The molecule has 1 aliphatic heterocycles. The maximum absolute atomic E-state index is 6.19. The molecule has 0 saturated heterocycles. The molecule has 1 heterocycles. The van der Waals surface area contributed by atoms with Gasteiger partial charge in [0.25, 0.3) is 0 Å². The second-order valence-electron chi connectivity index (χ2n) is 6.17. The Morgan fingerprint density at radius 1 is 1.16 bits per heavy atom. The summed E-state index contributed by atoms with van der Waals surface area (Å²) >= 11 is 0. The lowest BCUT2D eigenvalue weighted by Gasteiger charge is -2.39. The summed E-state index contributed by atoms with van der Waals surface area (Å²) in [6, 6.07) is 6.02. The van der Waals surface area contributed by atoms with E-state index in [2.05, 4.69) is 26.8 Å².